The second-order valence-corrected chi connectivity index (χ2v) is 13.7. The van der Waals surface area contributed by atoms with Gasteiger partial charge in [0.15, 0.2) is 0 Å². The molecular formula is C6H19NOSi2. The lowest BCUT2D eigenvalue weighted by Crippen LogP contribution is -2.47. The average molecular weight is 177 g/mol. The van der Waals surface area contributed by atoms with Crippen molar-refractivity contribution in [3.05, 3.63) is 0 Å². The maximum Gasteiger partial charge on any atom is 0.210 e. The molecule has 0 aromatic rings. The molecule has 0 unspecified atom stereocenters. The van der Waals surface area contributed by atoms with Crippen LogP contribution in [-0.4, -0.2) is 16.6 Å². The third-order valence-corrected chi connectivity index (χ3v) is 2.30. The van der Waals surface area contributed by atoms with Gasteiger partial charge in [-0.15, -0.1) is 0 Å². The van der Waals surface area contributed by atoms with Crippen molar-refractivity contribution in [2.45, 2.75) is 39.3 Å². The smallest absolute Gasteiger partial charge is 0.210 e. The van der Waals surface area contributed by atoms with Gasteiger partial charge in [-0.2, -0.15) is 0 Å². The summed E-state index contributed by atoms with van der Waals surface area (Å²) in [4.78, 5) is 0. The van der Waals surface area contributed by atoms with Crippen LogP contribution in [0.25, 0.3) is 0 Å². The maximum absolute atomic E-state index is 5.54. The lowest BCUT2D eigenvalue weighted by molar-refractivity contribution is 0.257. The highest BCUT2D eigenvalue weighted by molar-refractivity contribution is 6.75. The van der Waals surface area contributed by atoms with E-state index in [4.69, 9.17) is 4.53 Å². The quantitative estimate of drug-likeness (QED) is 0.527. The van der Waals surface area contributed by atoms with Crippen LogP contribution in [0.15, 0.2) is 0 Å². The van der Waals surface area contributed by atoms with Crippen LogP contribution in [0.1, 0.15) is 0 Å². The first-order valence-corrected chi connectivity index (χ1v) is 10.6. The van der Waals surface area contributed by atoms with E-state index >= 15 is 0 Å². The van der Waals surface area contributed by atoms with Crippen LogP contribution in [-0.2, 0) is 4.53 Å². The molecule has 0 saturated heterocycles. The van der Waals surface area contributed by atoms with Crippen LogP contribution in [0.5, 0.6) is 0 Å². The first-order valence-electron chi connectivity index (χ1n) is 3.66. The summed E-state index contributed by atoms with van der Waals surface area (Å²) < 4.78 is 5.54. The van der Waals surface area contributed by atoms with Crippen LogP contribution >= 0.6 is 0 Å². The summed E-state index contributed by atoms with van der Waals surface area (Å²) in [7, 11) is -2.55. The first kappa shape index (κ1) is 10.4. The number of rotatable bonds is 3. The largest absolute Gasteiger partial charge is 0.353 e. The maximum atomic E-state index is 5.54. The number of nitrogens with one attached hydrogen (secondary N) is 1. The molecule has 0 bridgehead atoms. The van der Waals surface area contributed by atoms with Gasteiger partial charge in [0.2, 0.25) is 8.32 Å². The van der Waals surface area contributed by atoms with Gasteiger partial charge < -0.3 is 4.53 Å². The average Bonchev–Trinajstić information content (AvgIpc) is 1.57. The van der Waals surface area contributed by atoms with Crippen LogP contribution in [0.4, 0.5) is 0 Å². The van der Waals surface area contributed by atoms with Crippen molar-refractivity contribution in [1.29, 1.82) is 0 Å². The van der Waals surface area contributed by atoms with E-state index in [0.29, 0.717) is 0 Å². The summed E-state index contributed by atoms with van der Waals surface area (Å²) in [6.07, 6.45) is 0. The SMILES string of the molecule is C[Si](C)(C)NO[Si](C)(C)C. The molecule has 1 N–H and O–H groups in total. The van der Waals surface area contributed by atoms with Crippen molar-refractivity contribution in [3.63, 3.8) is 0 Å². The zero-order chi connectivity index (χ0) is 8.41. The predicted octanol–water partition coefficient (Wildman–Crippen LogP) is 2.18. The van der Waals surface area contributed by atoms with E-state index in [9.17, 15) is 0 Å². The zero-order valence-corrected chi connectivity index (χ0v) is 9.91. The Kier molecular flexibility index (Phi) is 3.28. The molecular weight excluding hydrogens is 158 g/mol. The highest BCUT2D eigenvalue weighted by atomic mass is 28.4. The van der Waals surface area contributed by atoms with E-state index in [2.05, 4.69) is 44.4 Å². The molecule has 10 heavy (non-hydrogen) atoms. The van der Waals surface area contributed by atoms with Gasteiger partial charge in [-0.3, -0.25) is 0 Å². The molecule has 0 atom stereocenters. The standard InChI is InChI=1S/C6H19NOSi2/c1-9(2,3)7-8-10(4,5)6/h7H,1-6H3. The highest BCUT2D eigenvalue weighted by Gasteiger charge is 2.20. The monoisotopic (exact) mass is 177 g/mol. The molecule has 2 nitrogen and oxygen atoms in total. The summed E-state index contributed by atoms with van der Waals surface area (Å²) in [5.74, 6) is 0. The van der Waals surface area contributed by atoms with Gasteiger partial charge in [0.05, 0.1) is 0 Å². The lowest BCUT2D eigenvalue weighted by atomic mass is 11.8. The Morgan fingerprint density at radius 2 is 1.30 bits per heavy atom. The molecule has 0 fully saturated rings. The third-order valence-electron chi connectivity index (χ3n) is 0.663. The van der Waals surface area contributed by atoms with Gasteiger partial charge >= 0.3 is 0 Å². The van der Waals surface area contributed by atoms with Crippen LogP contribution in [0, 0.1) is 0 Å². The normalized spacial score (nSPS) is 13.8. The fraction of sp³-hybridized carbons (Fsp3) is 1.00. The van der Waals surface area contributed by atoms with Crippen LogP contribution in [0.2, 0.25) is 39.3 Å². The van der Waals surface area contributed by atoms with Crippen molar-refractivity contribution < 1.29 is 4.53 Å². The minimum atomic E-state index is -1.34. The van der Waals surface area contributed by atoms with Gasteiger partial charge in [0.25, 0.3) is 0 Å². The minimum absolute atomic E-state index is 1.20. The van der Waals surface area contributed by atoms with Crippen LogP contribution in [0.3, 0.4) is 0 Å². The molecule has 0 spiro atoms. The molecule has 62 valence electrons. The molecule has 0 rings (SSSR count). The Morgan fingerprint density at radius 1 is 0.900 bits per heavy atom. The van der Waals surface area contributed by atoms with E-state index in [1.54, 1.807) is 0 Å². The molecule has 0 aliphatic carbocycles. The molecule has 0 aromatic heterocycles. The van der Waals surface area contributed by atoms with Crippen molar-refractivity contribution in [1.82, 2.24) is 5.15 Å². The zero-order valence-electron chi connectivity index (χ0n) is 7.91. The van der Waals surface area contributed by atoms with Gasteiger partial charge in [-0.05, 0) is 19.6 Å². The Hall–Kier alpha value is 0.354. The van der Waals surface area contributed by atoms with Crippen molar-refractivity contribution in [3.8, 4) is 0 Å². The summed E-state index contributed by atoms with van der Waals surface area (Å²) >= 11 is 0. The minimum Gasteiger partial charge on any atom is -0.353 e. The van der Waals surface area contributed by atoms with E-state index in [1.165, 1.54) is 0 Å². The first-order chi connectivity index (χ1) is 4.21. The lowest BCUT2D eigenvalue weighted by Gasteiger charge is -2.24. The van der Waals surface area contributed by atoms with Crippen molar-refractivity contribution in [2.24, 2.45) is 0 Å². The molecule has 0 heterocycles. The van der Waals surface area contributed by atoms with Gasteiger partial charge in [0, 0.05) is 0 Å². The van der Waals surface area contributed by atoms with E-state index in [1.807, 2.05) is 0 Å². The molecule has 0 aliphatic rings. The summed E-state index contributed by atoms with van der Waals surface area (Å²) in [6, 6.07) is 0. The van der Waals surface area contributed by atoms with Crippen molar-refractivity contribution >= 4 is 16.6 Å². The molecule has 0 amide bonds. The van der Waals surface area contributed by atoms with Crippen molar-refractivity contribution in [2.75, 3.05) is 0 Å². The predicted molar refractivity (Wildman–Crippen MR) is 50.9 cm³/mol. The number of hydrogen-bond donors (Lipinski definition) is 1. The van der Waals surface area contributed by atoms with Crippen LogP contribution < -0.4 is 5.15 Å². The van der Waals surface area contributed by atoms with Gasteiger partial charge in [-0.1, -0.05) is 19.6 Å². The van der Waals surface area contributed by atoms with E-state index in [-0.39, 0.29) is 0 Å². The molecule has 0 aromatic carbocycles. The van der Waals surface area contributed by atoms with E-state index in [0.717, 1.165) is 0 Å². The van der Waals surface area contributed by atoms with Gasteiger partial charge in [0.1, 0.15) is 8.24 Å². The fourth-order valence-electron chi connectivity index (χ4n) is 0.306. The van der Waals surface area contributed by atoms with E-state index < -0.39 is 16.6 Å². The summed E-state index contributed by atoms with van der Waals surface area (Å²) in [5, 5.41) is 3.16. The topological polar surface area (TPSA) is 21.3 Å². The van der Waals surface area contributed by atoms with Gasteiger partial charge in [-0.25, -0.2) is 5.15 Å². The Balaban J connectivity index is 3.56. The fourth-order valence-corrected chi connectivity index (χ4v) is 2.76. The Bertz CT molecular complexity index is 89.3. The Labute approximate surface area is 66.1 Å². The second kappa shape index (κ2) is 3.17. The molecule has 0 aliphatic heterocycles. The molecule has 0 saturated carbocycles. The molecule has 0 radical (unpaired) electrons. The Morgan fingerprint density at radius 3 is 1.40 bits per heavy atom. The third kappa shape index (κ3) is 8.35. The number of hydrogen-bond acceptors (Lipinski definition) is 2. The summed E-state index contributed by atoms with van der Waals surface area (Å²) in [6.45, 7) is 13.2. The highest BCUT2D eigenvalue weighted by Crippen LogP contribution is 2.02. The second-order valence-electron chi connectivity index (χ2n) is 4.57. The summed E-state index contributed by atoms with van der Waals surface area (Å²) in [5.41, 5.74) is 0. The molecule has 4 heteroatoms.